The van der Waals surface area contributed by atoms with Gasteiger partial charge in [0.2, 0.25) is 0 Å². The van der Waals surface area contributed by atoms with Crippen LogP contribution in [-0.4, -0.2) is 23.2 Å². The Morgan fingerprint density at radius 1 is 1.67 bits per heavy atom. The number of ether oxygens (including phenoxy) is 1. The minimum Gasteiger partial charge on any atom is -0.465 e. The van der Waals surface area contributed by atoms with Gasteiger partial charge in [-0.15, -0.1) is 0 Å². The largest absolute Gasteiger partial charge is 0.465 e. The van der Waals surface area contributed by atoms with E-state index in [1.54, 1.807) is 6.92 Å². The number of rotatable bonds is 2. The van der Waals surface area contributed by atoms with Crippen LogP contribution in [0.4, 0.5) is 0 Å². The van der Waals surface area contributed by atoms with E-state index in [4.69, 9.17) is 4.74 Å². The molecule has 0 radical (unpaired) electrons. The molecule has 1 aliphatic carbocycles. The number of alkyl halides is 1. The van der Waals surface area contributed by atoms with Crippen molar-refractivity contribution in [3.8, 4) is 0 Å². The van der Waals surface area contributed by atoms with Crippen molar-refractivity contribution in [2.45, 2.75) is 24.6 Å². The number of halogens is 1. The first-order valence-corrected chi connectivity index (χ1v) is 4.92. The molecule has 0 aliphatic heterocycles. The van der Waals surface area contributed by atoms with Crippen molar-refractivity contribution in [1.82, 2.24) is 0 Å². The van der Waals surface area contributed by atoms with Crippen LogP contribution >= 0.6 is 15.9 Å². The smallest absolute Gasteiger partial charge is 0.316 e. The normalized spacial score (nSPS) is 29.0. The zero-order chi connectivity index (χ0) is 9.14. The lowest BCUT2D eigenvalue weighted by atomic mass is 10.1. The summed E-state index contributed by atoms with van der Waals surface area (Å²) in [6.07, 6.45) is 1.36. The number of hydrogen-bond donors (Lipinski definition) is 0. The average Bonchev–Trinajstić information content (AvgIpc) is 2.34. The number of carbonyl (C=O) groups is 2. The molecular formula is C8H11BrO3. The van der Waals surface area contributed by atoms with Gasteiger partial charge in [0, 0.05) is 0 Å². The molecule has 4 heteroatoms. The zero-order valence-corrected chi connectivity index (χ0v) is 8.46. The van der Waals surface area contributed by atoms with E-state index >= 15 is 0 Å². The second-order valence-electron chi connectivity index (χ2n) is 2.75. The lowest BCUT2D eigenvalue weighted by molar-refractivity contribution is -0.150. The van der Waals surface area contributed by atoms with Crippen molar-refractivity contribution in [3.05, 3.63) is 0 Å². The average molecular weight is 235 g/mol. The Kier molecular flexibility index (Phi) is 3.26. The van der Waals surface area contributed by atoms with Gasteiger partial charge in [0.25, 0.3) is 0 Å². The quantitative estimate of drug-likeness (QED) is 0.411. The molecule has 0 unspecified atom stereocenters. The van der Waals surface area contributed by atoms with E-state index in [0.29, 0.717) is 13.0 Å². The van der Waals surface area contributed by atoms with Crippen molar-refractivity contribution in [2.24, 2.45) is 5.92 Å². The summed E-state index contributed by atoms with van der Waals surface area (Å²) in [4.78, 5) is 22.3. The second kappa shape index (κ2) is 4.03. The summed E-state index contributed by atoms with van der Waals surface area (Å²) in [5.74, 6) is -0.924. The zero-order valence-electron chi connectivity index (χ0n) is 6.88. The maximum Gasteiger partial charge on any atom is 0.316 e. The van der Waals surface area contributed by atoms with Gasteiger partial charge in [-0.3, -0.25) is 9.59 Å². The van der Waals surface area contributed by atoms with Crippen LogP contribution in [0.3, 0.4) is 0 Å². The molecule has 0 aromatic rings. The van der Waals surface area contributed by atoms with Crippen molar-refractivity contribution >= 4 is 27.7 Å². The molecule has 12 heavy (non-hydrogen) atoms. The second-order valence-corrected chi connectivity index (χ2v) is 3.86. The van der Waals surface area contributed by atoms with E-state index in [2.05, 4.69) is 15.9 Å². The van der Waals surface area contributed by atoms with Gasteiger partial charge in [0.15, 0.2) is 5.78 Å². The molecular weight excluding hydrogens is 224 g/mol. The van der Waals surface area contributed by atoms with Gasteiger partial charge in [0.05, 0.1) is 11.4 Å². The van der Waals surface area contributed by atoms with Gasteiger partial charge in [-0.05, 0) is 19.8 Å². The standard InChI is InChI=1S/C8H11BrO3/c1-2-12-8(11)5-3-4-6(9)7(5)10/h5-6H,2-4H2,1H3/t5-,6-/m1/s1. The van der Waals surface area contributed by atoms with Crippen molar-refractivity contribution < 1.29 is 14.3 Å². The molecule has 0 spiro atoms. The summed E-state index contributed by atoms with van der Waals surface area (Å²) >= 11 is 3.21. The van der Waals surface area contributed by atoms with E-state index in [9.17, 15) is 9.59 Å². The topological polar surface area (TPSA) is 43.4 Å². The number of ketones is 1. The molecule has 0 amide bonds. The molecule has 2 atom stereocenters. The number of Topliss-reactive ketones (excluding diaryl/α,β-unsaturated/α-hetero) is 1. The van der Waals surface area contributed by atoms with Gasteiger partial charge in [-0.2, -0.15) is 0 Å². The third kappa shape index (κ3) is 1.86. The summed E-state index contributed by atoms with van der Waals surface area (Å²) in [5.41, 5.74) is 0. The summed E-state index contributed by atoms with van der Waals surface area (Å²) in [6, 6.07) is 0. The molecule has 1 fully saturated rings. The fraction of sp³-hybridized carbons (Fsp3) is 0.750. The Morgan fingerprint density at radius 2 is 2.33 bits per heavy atom. The fourth-order valence-corrected chi connectivity index (χ4v) is 1.88. The van der Waals surface area contributed by atoms with Crippen LogP contribution in [0.1, 0.15) is 19.8 Å². The highest BCUT2D eigenvalue weighted by Gasteiger charge is 2.38. The first kappa shape index (κ1) is 9.71. The molecule has 0 aromatic carbocycles. The van der Waals surface area contributed by atoms with Gasteiger partial charge in [-0.25, -0.2) is 0 Å². The van der Waals surface area contributed by atoms with E-state index in [1.807, 2.05) is 0 Å². The number of hydrogen-bond acceptors (Lipinski definition) is 3. The lowest BCUT2D eigenvalue weighted by Crippen LogP contribution is -2.24. The third-order valence-electron chi connectivity index (χ3n) is 1.93. The molecule has 0 N–H and O–H groups in total. The Morgan fingerprint density at radius 3 is 2.75 bits per heavy atom. The Hall–Kier alpha value is -0.380. The third-order valence-corrected chi connectivity index (χ3v) is 2.84. The van der Waals surface area contributed by atoms with Gasteiger partial charge < -0.3 is 4.74 Å². The predicted octanol–water partition coefficient (Wildman–Crippen LogP) is 1.29. The highest BCUT2D eigenvalue weighted by atomic mass is 79.9. The van der Waals surface area contributed by atoms with Crippen LogP contribution in [0.15, 0.2) is 0 Å². The molecule has 1 saturated carbocycles. The summed E-state index contributed by atoms with van der Waals surface area (Å²) in [5, 5.41) is 0. The molecule has 0 aromatic heterocycles. The van der Waals surface area contributed by atoms with Gasteiger partial charge >= 0.3 is 5.97 Å². The lowest BCUT2D eigenvalue weighted by Gasteiger charge is -2.06. The van der Waals surface area contributed by atoms with E-state index < -0.39 is 5.92 Å². The molecule has 1 aliphatic rings. The van der Waals surface area contributed by atoms with Crippen molar-refractivity contribution in [1.29, 1.82) is 0 Å². The minimum absolute atomic E-state index is 0.0338. The van der Waals surface area contributed by atoms with E-state index in [-0.39, 0.29) is 16.6 Å². The number of carbonyl (C=O) groups excluding carboxylic acids is 2. The molecule has 0 saturated heterocycles. The van der Waals surface area contributed by atoms with Gasteiger partial charge in [0.1, 0.15) is 5.92 Å². The van der Waals surface area contributed by atoms with Crippen molar-refractivity contribution in [3.63, 3.8) is 0 Å². The van der Waals surface area contributed by atoms with Crippen molar-refractivity contribution in [2.75, 3.05) is 6.61 Å². The van der Waals surface area contributed by atoms with Crippen LogP contribution in [-0.2, 0) is 14.3 Å². The van der Waals surface area contributed by atoms with E-state index in [1.165, 1.54) is 0 Å². The monoisotopic (exact) mass is 234 g/mol. The summed E-state index contributed by atoms with van der Waals surface area (Å²) in [6.45, 7) is 2.08. The molecule has 0 bridgehead atoms. The van der Waals surface area contributed by atoms with Gasteiger partial charge in [-0.1, -0.05) is 15.9 Å². The highest BCUT2D eigenvalue weighted by molar-refractivity contribution is 9.10. The molecule has 3 nitrogen and oxygen atoms in total. The highest BCUT2D eigenvalue weighted by Crippen LogP contribution is 2.28. The summed E-state index contributed by atoms with van der Waals surface area (Å²) in [7, 11) is 0. The van der Waals surface area contributed by atoms with E-state index in [0.717, 1.165) is 6.42 Å². The number of esters is 1. The first-order valence-electron chi connectivity index (χ1n) is 4.01. The Balaban J connectivity index is 2.53. The van der Waals surface area contributed by atoms with Crippen LogP contribution in [0.5, 0.6) is 0 Å². The summed E-state index contributed by atoms with van der Waals surface area (Å²) < 4.78 is 4.76. The molecule has 68 valence electrons. The fourth-order valence-electron chi connectivity index (χ4n) is 1.29. The van der Waals surface area contributed by atoms with Crippen LogP contribution in [0.25, 0.3) is 0 Å². The Bertz CT molecular complexity index is 202. The SMILES string of the molecule is CCOC(=O)[C@@H]1CC[C@@H](Br)C1=O. The first-order chi connectivity index (χ1) is 5.66. The molecule has 0 heterocycles. The predicted molar refractivity (Wildman–Crippen MR) is 47.1 cm³/mol. The molecule has 1 rings (SSSR count). The maximum absolute atomic E-state index is 11.3. The van der Waals surface area contributed by atoms with Crippen LogP contribution < -0.4 is 0 Å². The van der Waals surface area contributed by atoms with Crippen LogP contribution in [0.2, 0.25) is 0 Å². The Labute approximate surface area is 79.6 Å². The minimum atomic E-state index is -0.519. The maximum atomic E-state index is 11.3. The van der Waals surface area contributed by atoms with Crippen LogP contribution in [0, 0.1) is 5.92 Å².